The molecule has 28 heavy (non-hydrogen) atoms. The largest absolute Gasteiger partial charge is 0.334 e. The van der Waals surface area contributed by atoms with Crippen LogP contribution in [0.3, 0.4) is 0 Å². The highest BCUT2D eigenvalue weighted by molar-refractivity contribution is 7.13. The number of piperazine rings is 1. The van der Waals surface area contributed by atoms with E-state index in [2.05, 4.69) is 4.98 Å². The third-order valence-corrected chi connectivity index (χ3v) is 6.42. The minimum atomic E-state index is -0.0680. The van der Waals surface area contributed by atoms with E-state index in [9.17, 15) is 9.59 Å². The van der Waals surface area contributed by atoms with Crippen LogP contribution in [-0.4, -0.2) is 70.9 Å². The monoisotopic (exact) mass is 418 g/mol. The van der Waals surface area contributed by atoms with Gasteiger partial charge in [-0.2, -0.15) is 0 Å². The van der Waals surface area contributed by atoms with Gasteiger partial charge in [0.15, 0.2) is 0 Å². The number of hydrogen-bond donors (Lipinski definition) is 0. The number of likely N-dealkylation sites (tertiary alicyclic amines) is 1. The van der Waals surface area contributed by atoms with E-state index < -0.39 is 0 Å². The van der Waals surface area contributed by atoms with Crippen LogP contribution >= 0.6 is 22.9 Å². The van der Waals surface area contributed by atoms with Crippen LogP contribution in [0.1, 0.15) is 29.8 Å². The number of urea groups is 1. The molecule has 0 atom stereocenters. The first-order chi connectivity index (χ1) is 13.6. The van der Waals surface area contributed by atoms with Gasteiger partial charge in [0.1, 0.15) is 10.7 Å². The lowest BCUT2D eigenvalue weighted by Gasteiger charge is -2.38. The maximum absolute atomic E-state index is 12.8. The number of amides is 3. The highest BCUT2D eigenvalue weighted by Crippen LogP contribution is 2.26. The quantitative estimate of drug-likeness (QED) is 0.744. The van der Waals surface area contributed by atoms with Crippen molar-refractivity contribution in [2.75, 3.05) is 39.3 Å². The molecule has 2 fully saturated rings. The Labute approximate surface area is 173 Å². The smallest absolute Gasteiger partial charge is 0.320 e. The molecule has 0 aliphatic carbocycles. The zero-order valence-electron chi connectivity index (χ0n) is 15.6. The third kappa shape index (κ3) is 4.15. The number of carbonyl (C=O) groups is 2. The second-order valence-corrected chi connectivity index (χ2v) is 8.45. The van der Waals surface area contributed by atoms with Crippen LogP contribution in [0.4, 0.5) is 4.79 Å². The Kier molecular flexibility index (Phi) is 5.82. The summed E-state index contributed by atoms with van der Waals surface area (Å²) in [5.74, 6) is -0.0680. The molecule has 0 spiro atoms. The summed E-state index contributed by atoms with van der Waals surface area (Å²) < 4.78 is 0. The molecule has 3 heterocycles. The Morgan fingerprint density at radius 3 is 2.14 bits per heavy atom. The molecule has 0 radical (unpaired) electrons. The lowest BCUT2D eigenvalue weighted by atomic mass is 10.1. The van der Waals surface area contributed by atoms with Crippen molar-refractivity contribution in [1.82, 2.24) is 19.7 Å². The molecule has 148 valence electrons. The summed E-state index contributed by atoms with van der Waals surface area (Å²) in [7, 11) is 0. The first-order valence-electron chi connectivity index (χ1n) is 9.66. The highest BCUT2D eigenvalue weighted by atomic mass is 35.5. The fourth-order valence-corrected chi connectivity index (χ4v) is 4.57. The van der Waals surface area contributed by atoms with Gasteiger partial charge in [-0.1, -0.05) is 23.7 Å². The number of hydrogen-bond acceptors (Lipinski definition) is 4. The standard InChI is InChI=1S/C20H23ClN4O2S/c21-16-6-4-15(5-7-16)18-22-17(14-28-18)19(26)23-10-12-25(13-11-23)20(27)24-8-2-1-3-9-24/h4-7,14H,1-3,8-13H2. The maximum atomic E-state index is 12.8. The minimum absolute atomic E-state index is 0.0680. The number of thiazole rings is 1. The molecule has 0 saturated carbocycles. The van der Waals surface area contributed by atoms with Crippen molar-refractivity contribution in [3.05, 3.63) is 40.4 Å². The number of halogens is 1. The number of rotatable bonds is 2. The highest BCUT2D eigenvalue weighted by Gasteiger charge is 2.29. The minimum Gasteiger partial charge on any atom is -0.334 e. The van der Waals surface area contributed by atoms with Gasteiger partial charge < -0.3 is 14.7 Å². The average molecular weight is 419 g/mol. The van der Waals surface area contributed by atoms with Crippen LogP contribution in [0.25, 0.3) is 10.6 Å². The number of piperidine rings is 1. The maximum Gasteiger partial charge on any atom is 0.320 e. The van der Waals surface area contributed by atoms with Gasteiger partial charge >= 0.3 is 6.03 Å². The number of nitrogens with zero attached hydrogens (tertiary/aromatic N) is 4. The summed E-state index contributed by atoms with van der Waals surface area (Å²) in [4.78, 5) is 35.5. The Morgan fingerprint density at radius 2 is 1.46 bits per heavy atom. The van der Waals surface area contributed by atoms with Gasteiger partial charge in [-0.15, -0.1) is 11.3 Å². The fraction of sp³-hybridized carbons (Fsp3) is 0.450. The van der Waals surface area contributed by atoms with Crippen molar-refractivity contribution in [2.24, 2.45) is 0 Å². The van der Waals surface area contributed by atoms with Crippen molar-refractivity contribution in [3.8, 4) is 10.6 Å². The van der Waals surface area contributed by atoms with E-state index >= 15 is 0 Å². The van der Waals surface area contributed by atoms with Gasteiger partial charge in [-0.05, 0) is 31.4 Å². The zero-order valence-corrected chi connectivity index (χ0v) is 17.2. The lowest BCUT2D eigenvalue weighted by Crippen LogP contribution is -2.54. The Balaban J connectivity index is 1.35. The molecule has 0 N–H and O–H groups in total. The molecule has 4 rings (SSSR count). The molecule has 2 aliphatic rings. The number of carbonyl (C=O) groups excluding carboxylic acids is 2. The van der Waals surface area contributed by atoms with Crippen LogP contribution in [0.15, 0.2) is 29.6 Å². The summed E-state index contributed by atoms with van der Waals surface area (Å²) in [6, 6.07) is 7.56. The second kappa shape index (κ2) is 8.49. The molecule has 1 aromatic carbocycles. The van der Waals surface area contributed by atoms with Crippen LogP contribution in [0.5, 0.6) is 0 Å². The van der Waals surface area contributed by atoms with Crippen molar-refractivity contribution >= 4 is 34.9 Å². The van der Waals surface area contributed by atoms with E-state index in [1.165, 1.54) is 17.8 Å². The van der Waals surface area contributed by atoms with Gasteiger partial charge in [0.05, 0.1) is 0 Å². The molecule has 1 aromatic heterocycles. The van der Waals surface area contributed by atoms with Gasteiger partial charge in [0.2, 0.25) is 0 Å². The summed E-state index contributed by atoms with van der Waals surface area (Å²) in [5, 5.41) is 3.28. The Bertz CT molecular complexity index is 840. The summed E-state index contributed by atoms with van der Waals surface area (Å²) in [5.41, 5.74) is 1.41. The summed E-state index contributed by atoms with van der Waals surface area (Å²) in [6.07, 6.45) is 3.38. The Morgan fingerprint density at radius 1 is 0.857 bits per heavy atom. The molecular weight excluding hydrogens is 396 g/mol. The van der Waals surface area contributed by atoms with Crippen LogP contribution in [-0.2, 0) is 0 Å². The van der Waals surface area contributed by atoms with E-state index in [1.54, 1.807) is 10.3 Å². The molecule has 3 amide bonds. The van der Waals surface area contributed by atoms with E-state index in [0.29, 0.717) is 36.9 Å². The normalized spacial score (nSPS) is 17.7. The Hall–Kier alpha value is -2.12. The molecule has 8 heteroatoms. The molecule has 0 unspecified atom stereocenters. The molecule has 6 nitrogen and oxygen atoms in total. The molecule has 2 saturated heterocycles. The number of benzene rings is 1. The third-order valence-electron chi connectivity index (χ3n) is 5.28. The topological polar surface area (TPSA) is 56.8 Å². The molecule has 2 aromatic rings. The van der Waals surface area contributed by atoms with Crippen LogP contribution < -0.4 is 0 Å². The zero-order chi connectivity index (χ0) is 19.5. The van der Waals surface area contributed by atoms with Gasteiger partial charge in [0.25, 0.3) is 5.91 Å². The van der Waals surface area contributed by atoms with Gasteiger partial charge in [-0.25, -0.2) is 9.78 Å². The van der Waals surface area contributed by atoms with Crippen LogP contribution in [0, 0.1) is 0 Å². The summed E-state index contributed by atoms with van der Waals surface area (Å²) in [6.45, 7) is 3.96. The first kappa shape index (κ1) is 19.2. The fourth-order valence-electron chi connectivity index (χ4n) is 3.65. The predicted molar refractivity (Wildman–Crippen MR) is 111 cm³/mol. The van der Waals surface area contributed by atoms with E-state index in [1.807, 2.05) is 34.1 Å². The van der Waals surface area contributed by atoms with Crippen LogP contribution in [0.2, 0.25) is 5.02 Å². The number of aromatic nitrogens is 1. The second-order valence-electron chi connectivity index (χ2n) is 7.15. The first-order valence-corrected chi connectivity index (χ1v) is 10.9. The van der Waals surface area contributed by atoms with Crippen molar-refractivity contribution < 1.29 is 9.59 Å². The predicted octanol–water partition coefficient (Wildman–Crippen LogP) is 3.83. The van der Waals surface area contributed by atoms with Crippen molar-refractivity contribution in [2.45, 2.75) is 19.3 Å². The molecule has 2 aliphatic heterocycles. The van der Waals surface area contributed by atoms with E-state index in [0.717, 1.165) is 36.5 Å². The lowest BCUT2D eigenvalue weighted by molar-refractivity contribution is 0.0628. The molecular formula is C20H23ClN4O2S. The van der Waals surface area contributed by atoms with E-state index in [4.69, 9.17) is 11.6 Å². The molecule has 0 bridgehead atoms. The van der Waals surface area contributed by atoms with Crippen molar-refractivity contribution in [3.63, 3.8) is 0 Å². The van der Waals surface area contributed by atoms with Gasteiger partial charge in [-0.3, -0.25) is 4.79 Å². The average Bonchev–Trinajstić information content (AvgIpc) is 3.24. The van der Waals surface area contributed by atoms with Gasteiger partial charge in [0, 0.05) is 55.2 Å². The summed E-state index contributed by atoms with van der Waals surface area (Å²) >= 11 is 7.38. The van der Waals surface area contributed by atoms with Crippen molar-refractivity contribution in [1.29, 1.82) is 0 Å². The van der Waals surface area contributed by atoms with E-state index in [-0.39, 0.29) is 11.9 Å². The SMILES string of the molecule is O=C(c1csc(-c2ccc(Cl)cc2)n1)N1CCN(C(=O)N2CCCCC2)CC1.